The number of para-hydroxylation sites is 1. The Balaban J connectivity index is 2.58. The Kier molecular flexibility index (Phi) is 4.83. The summed E-state index contributed by atoms with van der Waals surface area (Å²) in [7, 11) is 4.62. The van der Waals surface area contributed by atoms with Crippen molar-refractivity contribution in [2.24, 2.45) is 0 Å². The van der Waals surface area contributed by atoms with Crippen LogP contribution in [0.2, 0.25) is 0 Å². The van der Waals surface area contributed by atoms with Gasteiger partial charge in [-0.2, -0.15) is 0 Å². The molecule has 0 radical (unpaired) electrons. The molecular formula is C18H20O4. The lowest BCUT2D eigenvalue weighted by Crippen LogP contribution is -2.35. The quantitative estimate of drug-likeness (QED) is 0.767. The second-order valence-corrected chi connectivity index (χ2v) is 4.97. The van der Waals surface area contributed by atoms with Crippen molar-refractivity contribution in [1.29, 1.82) is 0 Å². The number of rotatable bonds is 6. The normalized spacial score (nSPS) is 13.3. The Bertz CT molecular complexity index is 651. The third-order valence-corrected chi connectivity index (χ3v) is 3.79. The SMILES string of the molecule is COc1cccc(C(C)(OC)C(=O)c2ccccc2)c1OC. The molecule has 0 bridgehead atoms. The molecule has 2 aromatic carbocycles. The molecular weight excluding hydrogens is 280 g/mol. The molecule has 0 heterocycles. The minimum absolute atomic E-state index is 0.137. The van der Waals surface area contributed by atoms with Crippen molar-refractivity contribution in [2.45, 2.75) is 12.5 Å². The van der Waals surface area contributed by atoms with Gasteiger partial charge in [0.2, 0.25) is 0 Å². The van der Waals surface area contributed by atoms with E-state index in [1.165, 1.54) is 7.11 Å². The first-order valence-corrected chi connectivity index (χ1v) is 6.95. The number of hydrogen-bond donors (Lipinski definition) is 0. The van der Waals surface area contributed by atoms with Crippen molar-refractivity contribution in [3.8, 4) is 11.5 Å². The average molecular weight is 300 g/mol. The van der Waals surface area contributed by atoms with Crippen LogP contribution in [0, 0.1) is 0 Å². The van der Waals surface area contributed by atoms with E-state index in [2.05, 4.69) is 0 Å². The molecule has 0 aliphatic carbocycles. The van der Waals surface area contributed by atoms with Crippen molar-refractivity contribution in [3.05, 3.63) is 59.7 Å². The molecule has 1 atom stereocenters. The largest absolute Gasteiger partial charge is 0.493 e. The van der Waals surface area contributed by atoms with Crippen molar-refractivity contribution in [2.75, 3.05) is 21.3 Å². The molecule has 0 aromatic heterocycles. The van der Waals surface area contributed by atoms with E-state index >= 15 is 0 Å². The van der Waals surface area contributed by atoms with E-state index in [1.54, 1.807) is 39.3 Å². The van der Waals surface area contributed by atoms with Crippen LogP contribution in [0.3, 0.4) is 0 Å². The Morgan fingerprint density at radius 3 is 2.14 bits per heavy atom. The van der Waals surface area contributed by atoms with Gasteiger partial charge < -0.3 is 14.2 Å². The average Bonchev–Trinajstić information content (AvgIpc) is 2.60. The number of carbonyl (C=O) groups is 1. The molecule has 2 aromatic rings. The van der Waals surface area contributed by atoms with Crippen LogP contribution < -0.4 is 9.47 Å². The zero-order chi connectivity index (χ0) is 16.2. The maximum Gasteiger partial charge on any atom is 0.199 e. The minimum atomic E-state index is -1.17. The first-order valence-electron chi connectivity index (χ1n) is 6.95. The third kappa shape index (κ3) is 2.70. The number of methoxy groups -OCH3 is 3. The maximum atomic E-state index is 12.9. The summed E-state index contributed by atoms with van der Waals surface area (Å²) in [6, 6.07) is 14.5. The van der Waals surface area contributed by atoms with Crippen LogP contribution in [0.4, 0.5) is 0 Å². The van der Waals surface area contributed by atoms with Gasteiger partial charge in [0, 0.05) is 18.2 Å². The van der Waals surface area contributed by atoms with E-state index < -0.39 is 5.60 Å². The van der Waals surface area contributed by atoms with Gasteiger partial charge in [0.25, 0.3) is 0 Å². The summed E-state index contributed by atoms with van der Waals surface area (Å²) in [5.74, 6) is 0.921. The van der Waals surface area contributed by atoms with Crippen LogP contribution in [-0.4, -0.2) is 27.1 Å². The van der Waals surface area contributed by atoms with Gasteiger partial charge in [-0.05, 0) is 13.0 Å². The zero-order valence-corrected chi connectivity index (χ0v) is 13.3. The molecule has 116 valence electrons. The first-order chi connectivity index (χ1) is 10.6. The first kappa shape index (κ1) is 16.0. The highest BCUT2D eigenvalue weighted by atomic mass is 16.5. The maximum absolute atomic E-state index is 12.9. The van der Waals surface area contributed by atoms with E-state index in [4.69, 9.17) is 14.2 Å². The standard InChI is InChI=1S/C18H20O4/c1-18(22-4,17(19)13-9-6-5-7-10-13)14-11-8-12-15(20-2)16(14)21-3/h5-12H,1-4H3. The highest BCUT2D eigenvalue weighted by Gasteiger charge is 2.39. The Labute approximate surface area is 130 Å². The van der Waals surface area contributed by atoms with Gasteiger partial charge in [-0.3, -0.25) is 4.79 Å². The van der Waals surface area contributed by atoms with Crippen LogP contribution in [0.15, 0.2) is 48.5 Å². The van der Waals surface area contributed by atoms with E-state index in [1.807, 2.05) is 30.3 Å². The van der Waals surface area contributed by atoms with Gasteiger partial charge in [0.1, 0.15) is 0 Å². The van der Waals surface area contributed by atoms with Crippen molar-refractivity contribution in [1.82, 2.24) is 0 Å². The van der Waals surface area contributed by atoms with E-state index in [0.717, 1.165) is 0 Å². The van der Waals surface area contributed by atoms with Crippen LogP contribution >= 0.6 is 0 Å². The van der Waals surface area contributed by atoms with Crippen molar-refractivity contribution < 1.29 is 19.0 Å². The highest BCUT2D eigenvalue weighted by Crippen LogP contribution is 2.40. The summed E-state index contributed by atoms with van der Waals surface area (Å²) in [5.41, 5.74) is 0.0451. The Morgan fingerprint density at radius 2 is 1.59 bits per heavy atom. The second kappa shape index (κ2) is 6.62. The zero-order valence-electron chi connectivity index (χ0n) is 13.3. The molecule has 4 nitrogen and oxygen atoms in total. The lowest BCUT2D eigenvalue weighted by molar-refractivity contribution is 0.00876. The van der Waals surface area contributed by atoms with Gasteiger partial charge in [-0.1, -0.05) is 42.5 Å². The molecule has 0 amide bonds. The topological polar surface area (TPSA) is 44.8 Å². The van der Waals surface area contributed by atoms with Crippen LogP contribution in [0.1, 0.15) is 22.8 Å². The van der Waals surface area contributed by atoms with Gasteiger partial charge in [-0.25, -0.2) is 0 Å². The number of Topliss-reactive ketones (excluding diaryl/α,β-unsaturated/α-hetero) is 1. The molecule has 0 saturated heterocycles. The molecule has 0 spiro atoms. The molecule has 0 N–H and O–H groups in total. The summed E-state index contributed by atoms with van der Waals surface area (Å²) >= 11 is 0. The van der Waals surface area contributed by atoms with Gasteiger partial charge >= 0.3 is 0 Å². The molecule has 2 rings (SSSR count). The molecule has 1 unspecified atom stereocenters. The molecule has 0 saturated carbocycles. The van der Waals surface area contributed by atoms with E-state index in [9.17, 15) is 4.79 Å². The molecule has 0 aliphatic rings. The predicted molar refractivity (Wildman–Crippen MR) is 84.7 cm³/mol. The lowest BCUT2D eigenvalue weighted by atomic mass is 9.86. The summed E-state index contributed by atoms with van der Waals surface area (Å²) < 4.78 is 16.4. The Morgan fingerprint density at radius 1 is 0.909 bits per heavy atom. The fraction of sp³-hybridized carbons (Fsp3) is 0.278. The van der Waals surface area contributed by atoms with Crippen LogP contribution in [0.25, 0.3) is 0 Å². The number of ether oxygens (including phenoxy) is 3. The second-order valence-electron chi connectivity index (χ2n) is 4.97. The summed E-state index contributed by atoms with van der Waals surface area (Å²) in [6.45, 7) is 1.74. The van der Waals surface area contributed by atoms with Gasteiger partial charge in [0.15, 0.2) is 22.9 Å². The minimum Gasteiger partial charge on any atom is -0.493 e. The van der Waals surface area contributed by atoms with Gasteiger partial charge in [0.05, 0.1) is 14.2 Å². The fourth-order valence-electron chi connectivity index (χ4n) is 2.45. The van der Waals surface area contributed by atoms with Gasteiger partial charge in [-0.15, -0.1) is 0 Å². The molecule has 4 heteroatoms. The number of ketones is 1. The van der Waals surface area contributed by atoms with Crippen LogP contribution in [0.5, 0.6) is 11.5 Å². The third-order valence-electron chi connectivity index (χ3n) is 3.79. The Hall–Kier alpha value is -2.33. The van der Waals surface area contributed by atoms with Crippen LogP contribution in [-0.2, 0) is 10.3 Å². The summed E-state index contributed by atoms with van der Waals surface area (Å²) in [6.07, 6.45) is 0. The van der Waals surface area contributed by atoms with E-state index in [0.29, 0.717) is 22.6 Å². The molecule has 22 heavy (non-hydrogen) atoms. The summed E-state index contributed by atoms with van der Waals surface area (Å²) in [5, 5.41) is 0. The number of carbonyl (C=O) groups excluding carboxylic acids is 1. The van der Waals surface area contributed by atoms with Crippen molar-refractivity contribution in [3.63, 3.8) is 0 Å². The molecule has 0 aliphatic heterocycles. The highest BCUT2D eigenvalue weighted by molar-refractivity contribution is 6.03. The number of benzene rings is 2. The monoisotopic (exact) mass is 300 g/mol. The smallest absolute Gasteiger partial charge is 0.199 e. The lowest BCUT2D eigenvalue weighted by Gasteiger charge is -2.29. The fourth-order valence-corrected chi connectivity index (χ4v) is 2.45. The predicted octanol–water partition coefficient (Wildman–Crippen LogP) is 3.45. The van der Waals surface area contributed by atoms with E-state index in [-0.39, 0.29) is 5.78 Å². The van der Waals surface area contributed by atoms with Crippen molar-refractivity contribution >= 4 is 5.78 Å². The summed E-state index contributed by atoms with van der Waals surface area (Å²) in [4.78, 5) is 12.9. The number of hydrogen-bond acceptors (Lipinski definition) is 4. The molecule has 0 fully saturated rings.